The Morgan fingerprint density at radius 1 is 1.17 bits per heavy atom. The van der Waals surface area contributed by atoms with E-state index >= 15 is 0 Å². The molecule has 2 aromatic rings. The van der Waals surface area contributed by atoms with E-state index in [2.05, 4.69) is 42.9 Å². The number of pyridine rings is 1. The minimum atomic E-state index is 0.101. The van der Waals surface area contributed by atoms with E-state index < -0.39 is 0 Å². The topological polar surface area (TPSA) is 46.2 Å². The quantitative estimate of drug-likeness (QED) is 0.835. The Bertz CT molecular complexity index is 764. The molecule has 0 bridgehead atoms. The Kier molecular flexibility index (Phi) is 4.63. The second-order valence-corrected chi connectivity index (χ2v) is 5.97. The molecule has 1 heterocycles. The monoisotopic (exact) mass is 309 g/mol. The van der Waals surface area contributed by atoms with Gasteiger partial charge in [-0.2, -0.15) is 5.48 Å². The highest BCUT2D eigenvalue weighted by atomic mass is 16.6. The number of nitrogens with one attached hydrogen (secondary N) is 2. The average Bonchev–Trinajstić information content (AvgIpc) is 2.71. The number of anilines is 1. The van der Waals surface area contributed by atoms with Crippen LogP contribution in [0.3, 0.4) is 0 Å². The number of hydrogen-bond donors (Lipinski definition) is 2. The van der Waals surface area contributed by atoms with Crippen LogP contribution in [0.25, 0.3) is 10.9 Å². The minimum Gasteiger partial charge on any atom is -0.411 e. The lowest BCUT2D eigenvalue weighted by Gasteiger charge is -2.21. The first kappa shape index (κ1) is 15.6. The number of aromatic nitrogens is 1. The van der Waals surface area contributed by atoms with Crippen LogP contribution in [-0.2, 0) is 4.84 Å². The van der Waals surface area contributed by atoms with Crippen molar-refractivity contribution in [3.05, 3.63) is 59.4 Å². The molecule has 1 aliphatic carbocycles. The Morgan fingerprint density at radius 2 is 2.00 bits per heavy atom. The average molecular weight is 309 g/mol. The van der Waals surface area contributed by atoms with Crippen molar-refractivity contribution >= 4 is 16.7 Å². The lowest BCUT2D eigenvalue weighted by molar-refractivity contribution is 0.114. The number of nitrogens with zero attached hydrogens (tertiary/aromatic N) is 1. The van der Waals surface area contributed by atoms with Gasteiger partial charge in [0.25, 0.3) is 0 Å². The normalized spacial score (nSPS) is 18.1. The van der Waals surface area contributed by atoms with Crippen LogP contribution in [0.2, 0.25) is 0 Å². The van der Waals surface area contributed by atoms with Gasteiger partial charge in [-0.15, -0.1) is 0 Å². The van der Waals surface area contributed by atoms with Crippen molar-refractivity contribution in [1.82, 2.24) is 10.5 Å². The van der Waals surface area contributed by atoms with E-state index in [0.717, 1.165) is 29.9 Å². The number of aryl methyl sites for hydroxylation is 1. The third-order valence-electron chi connectivity index (χ3n) is 4.17. The number of rotatable bonds is 4. The SMILES string of the molecule is CNOC1=CC=C(C)CCC1Nc1cc(C)c2ccccc2n1. The number of hydrogen-bond acceptors (Lipinski definition) is 4. The molecule has 0 fully saturated rings. The molecule has 1 aromatic carbocycles. The molecule has 0 amide bonds. The van der Waals surface area contributed by atoms with Crippen molar-refractivity contribution in [2.75, 3.05) is 12.4 Å². The maximum atomic E-state index is 5.59. The van der Waals surface area contributed by atoms with Crippen LogP contribution in [0.4, 0.5) is 5.82 Å². The van der Waals surface area contributed by atoms with E-state index in [1.54, 1.807) is 7.05 Å². The van der Waals surface area contributed by atoms with Gasteiger partial charge in [-0.1, -0.05) is 29.8 Å². The number of hydroxylamine groups is 1. The van der Waals surface area contributed by atoms with Crippen LogP contribution in [0.5, 0.6) is 0 Å². The van der Waals surface area contributed by atoms with Crippen LogP contribution >= 0.6 is 0 Å². The second kappa shape index (κ2) is 6.84. The molecular formula is C19H23N3O. The van der Waals surface area contributed by atoms with Gasteiger partial charge in [0.2, 0.25) is 0 Å². The molecule has 1 aromatic heterocycles. The molecule has 0 saturated heterocycles. The molecule has 1 aliphatic rings. The molecule has 0 radical (unpaired) electrons. The Labute approximate surface area is 137 Å². The van der Waals surface area contributed by atoms with Crippen molar-refractivity contribution in [2.45, 2.75) is 32.7 Å². The third kappa shape index (κ3) is 3.54. The second-order valence-electron chi connectivity index (χ2n) is 5.97. The van der Waals surface area contributed by atoms with E-state index in [9.17, 15) is 0 Å². The fraction of sp³-hybridized carbons (Fsp3) is 0.316. The Balaban J connectivity index is 1.88. The summed E-state index contributed by atoms with van der Waals surface area (Å²) in [6, 6.07) is 10.4. The van der Waals surface area contributed by atoms with Gasteiger partial charge < -0.3 is 10.2 Å². The van der Waals surface area contributed by atoms with Crippen molar-refractivity contribution in [3.8, 4) is 0 Å². The van der Waals surface area contributed by atoms with E-state index in [1.165, 1.54) is 16.5 Å². The molecule has 4 heteroatoms. The summed E-state index contributed by atoms with van der Waals surface area (Å²) in [5, 5.41) is 4.72. The smallest absolute Gasteiger partial charge is 0.146 e. The minimum absolute atomic E-state index is 0.101. The molecule has 3 rings (SSSR count). The van der Waals surface area contributed by atoms with Gasteiger partial charge in [-0.05, 0) is 50.5 Å². The number of para-hydroxylation sites is 1. The summed E-state index contributed by atoms with van der Waals surface area (Å²) in [4.78, 5) is 10.3. The van der Waals surface area contributed by atoms with Gasteiger partial charge in [-0.25, -0.2) is 4.98 Å². The fourth-order valence-electron chi connectivity index (χ4n) is 2.91. The molecule has 0 aliphatic heterocycles. The van der Waals surface area contributed by atoms with E-state index in [0.29, 0.717) is 0 Å². The highest BCUT2D eigenvalue weighted by Crippen LogP contribution is 2.24. The predicted octanol–water partition coefficient (Wildman–Crippen LogP) is 4.10. The van der Waals surface area contributed by atoms with E-state index in [-0.39, 0.29) is 6.04 Å². The van der Waals surface area contributed by atoms with Crippen LogP contribution in [0, 0.1) is 6.92 Å². The third-order valence-corrected chi connectivity index (χ3v) is 4.17. The molecule has 1 atom stereocenters. The molecule has 0 spiro atoms. The van der Waals surface area contributed by atoms with Crippen LogP contribution < -0.4 is 10.8 Å². The molecule has 2 N–H and O–H groups in total. The summed E-state index contributed by atoms with van der Waals surface area (Å²) in [5.74, 6) is 1.77. The zero-order chi connectivity index (χ0) is 16.2. The number of allylic oxidation sites excluding steroid dienone is 3. The van der Waals surface area contributed by atoms with Crippen molar-refractivity contribution < 1.29 is 4.84 Å². The first-order chi connectivity index (χ1) is 11.2. The van der Waals surface area contributed by atoms with Crippen molar-refractivity contribution in [3.63, 3.8) is 0 Å². The van der Waals surface area contributed by atoms with Gasteiger partial charge in [-0.3, -0.25) is 0 Å². The largest absolute Gasteiger partial charge is 0.411 e. The number of benzene rings is 1. The molecule has 120 valence electrons. The van der Waals surface area contributed by atoms with Crippen molar-refractivity contribution in [2.24, 2.45) is 0 Å². The standard InChI is InChI=1S/C19H23N3O/c1-13-8-10-17(18(11-9-13)23-20-3)22-19-12-14(2)15-6-4-5-7-16(15)21-19/h4-7,9,11-12,17,20H,8,10H2,1-3H3,(H,21,22). The van der Waals surface area contributed by atoms with Gasteiger partial charge >= 0.3 is 0 Å². The van der Waals surface area contributed by atoms with Crippen molar-refractivity contribution in [1.29, 1.82) is 0 Å². The molecule has 0 saturated carbocycles. The van der Waals surface area contributed by atoms with Gasteiger partial charge in [0, 0.05) is 12.4 Å². The highest BCUT2D eigenvalue weighted by molar-refractivity contribution is 5.83. The molecule has 4 nitrogen and oxygen atoms in total. The first-order valence-electron chi connectivity index (χ1n) is 8.01. The molecule has 23 heavy (non-hydrogen) atoms. The summed E-state index contributed by atoms with van der Waals surface area (Å²) in [6.45, 7) is 4.27. The van der Waals surface area contributed by atoms with Crippen LogP contribution in [-0.4, -0.2) is 18.1 Å². The van der Waals surface area contributed by atoms with Gasteiger partial charge in [0.1, 0.15) is 11.6 Å². The maximum Gasteiger partial charge on any atom is 0.146 e. The lowest BCUT2D eigenvalue weighted by Crippen LogP contribution is -2.26. The lowest BCUT2D eigenvalue weighted by atomic mass is 10.1. The zero-order valence-corrected chi connectivity index (χ0v) is 13.9. The van der Waals surface area contributed by atoms with E-state index in [4.69, 9.17) is 9.82 Å². The number of fused-ring (bicyclic) bond motifs is 1. The molecule has 1 unspecified atom stereocenters. The zero-order valence-electron chi connectivity index (χ0n) is 13.9. The highest BCUT2D eigenvalue weighted by Gasteiger charge is 2.19. The van der Waals surface area contributed by atoms with Crippen LogP contribution in [0.15, 0.2) is 53.8 Å². The summed E-state index contributed by atoms with van der Waals surface area (Å²) in [7, 11) is 1.78. The summed E-state index contributed by atoms with van der Waals surface area (Å²) < 4.78 is 0. The predicted molar refractivity (Wildman–Crippen MR) is 95.1 cm³/mol. The first-order valence-corrected chi connectivity index (χ1v) is 8.01. The Morgan fingerprint density at radius 3 is 2.83 bits per heavy atom. The Hall–Kier alpha value is -2.33. The fourth-order valence-corrected chi connectivity index (χ4v) is 2.91. The summed E-state index contributed by atoms with van der Waals surface area (Å²) in [6.07, 6.45) is 6.17. The summed E-state index contributed by atoms with van der Waals surface area (Å²) >= 11 is 0. The maximum absolute atomic E-state index is 5.59. The molecular weight excluding hydrogens is 286 g/mol. The van der Waals surface area contributed by atoms with E-state index in [1.807, 2.05) is 24.3 Å². The van der Waals surface area contributed by atoms with Crippen LogP contribution in [0.1, 0.15) is 25.3 Å². The van der Waals surface area contributed by atoms with Gasteiger partial charge in [0.15, 0.2) is 0 Å². The van der Waals surface area contributed by atoms with Gasteiger partial charge in [0.05, 0.1) is 11.6 Å². The summed E-state index contributed by atoms with van der Waals surface area (Å²) in [5.41, 5.74) is 6.37.